The maximum atomic E-state index is 13.3. The number of rotatable bonds is 7. The van der Waals surface area contributed by atoms with Gasteiger partial charge in [-0.2, -0.15) is 0 Å². The second-order valence-electron chi connectivity index (χ2n) is 9.12. The van der Waals surface area contributed by atoms with E-state index in [0.29, 0.717) is 35.3 Å². The Morgan fingerprint density at radius 1 is 0.950 bits per heavy atom. The molecule has 4 aromatic carbocycles. The number of hydrogen-bond donors (Lipinski definition) is 1. The van der Waals surface area contributed by atoms with Crippen LogP contribution in [0.15, 0.2) is 78.4 Å². The van der Waals surface area contributed by atoms with E-state index in [0.717, 1.165) is 30.4 Å². The summed E-state index contributed by atoms with van der Waals surface area (Å²) in [5.41, 5.74) is 2.41. The molecule has 0 spiro atoms. The zero-order valence-corrected chi connectivity index (χ0v) is 24.6. The molecular weight excluding hydrogens is 643 g/mol. The normalized spacial score (nSPS) is 14.6. The van der Waals surface area contributed by atoms with Gasteiger partial charge in [0.25, 0.3) is 11.8 Å². The van der Waals surface area contributed by atoms with E-state index in [1.54, 1.807) is 24.3 Å². The fraction of sp³-hybridized carbons (Fsp3) is 0.129. The van der Waals surface area contributed by atoms with Gasteiger partial charge in [0.15, 0.2) is 11.5 Å². The highest BCUT2D eigenvalue weighted by atomic mass is 127. The third kappa shape index (κ3) is 5.68. The number of halogens is 2. The van der Waals surface area contributed by atoms with Crippen LogP contribution in [0.1, 0.15) is 23.6 Å². The Balaban J connectivity index is 1.44. The molecule has 0 radical (unpaired) electrons. The van der Waals surface area contributed by atoms with Crippen LogP contribution >= 0.6 is 34.2 Å². The van der Waals surface area contributed by atoms with E-state index in [2.05, 4.69) is 52.2 Å². The summed E-state index contributed by atoms with van der Waals surface area (Å²) >= 11 is 8.35. The molecule has 1 aliphatic heterocycles. The third-order valence-electron chi connectivity index (χ3n) is 6.36. The molecule has 0 aliphatic carbocycles. The quantitative estimate of drug-likeness (QED) is 0.130. The van der Waals surface area contributed by atoms with Gasteiger partial charge in [0.2, 0.25) is 0 Å². The van der Waals surface area contributed by atoms with Crippen molar-refractivity contribution in [2.75, 3.05) is 11.5 Å². The van der Waals surface area contributed by atoms with Gasteiger partial charge in [-0.05, 0) is 100 Å². The number of nitrogens with one attached hydrogen (secondary N) is 1. The number of anilines is 1. The number of fused-ring (bicyclic) bond motifs is 1. The van der Waals surface area contributed by atoms with Crippen molar-refractivity contribution in [3.8, 4) is 11.5 Å². The van der Waals surface area contributed by atoms with Gasteiger partial charge in [0.1, 0.15) is 12.2 Å². The fourth-order valence-electron chi connectivity index (χ4n) is 4.34. The SMILES string of the molecule is CCOc1cc(/C=C2/C(=O)NC(=O)N(c3ccc(C)c(Cl)c3)C2=O)cc(I)c1OCc1ccc2ccccc2c1. The molecule has 5 rings (SSSR count). The molecule has 1 fully saturated rings. The Bertz CT molecular complexity index is 1700. The Morgan fingerprint density at radius 2 is 1.73 bits per heavy atom. The van der Waals surface area contributed by atoms with E-state index in [1.165, 1.54) is 12.1 Å². The number of imide groups is 2. The average Bonchev–Trinajstić information content (AvgIpc) is 2.92. The maximum absolute atomic E-state index is 13.3. The highest BCUT2D eigenvalue weighted by Gasteiger charge is 2.37. The van der Waals surface area contributed by atoms with Crippen molar-refractivity contribution >= 4 is 74.6 Å². The van der Waals surface area contributed by atoms with E-state index in [-0.39, 0.29) is 11.3 Å². The molecule has 0 saturated carbocycles. The first kappa shape index (κ1) is 27.7. The average molecular weight is 667 g/mol. The molecule has 202 valence electrons. The summed E-state index contributed by atoms with van der Waals surface area (Å²) in [5.74, 6) is -0.500. The fourth-order valence-corrected chi connectivity index (χ4v) is 5.29. The summed E-state index contributed by atoms with van der Waals surface area (Å²) in [6, 6.07) is 21.8. The van der Waals surface area contributed by atoms with Crippen LogP contribution in [0, 0.1) is 10.5 Å². The standard InChI is InChI=1S/C31H24ClIN2O5/c1-3-39-27-15-20(14-26(33)28(27)40-17-19-9-10-21-6-4-5-7-22(21)12-19)13-24-29(36)34-31(38)35(30(24)37)23-11-8-18(2)25(32)16-23/h4-16H,3,17H2,1-2H3,(H,34,36,38)/b24-13-. The van der Waals surface area contributed by atoms with Crippen LogP contribution in [0.2, 0.25) is 5.02 Å². The second-order valence-corrected chi connectivity index (χ2v) is 10.7. The van der Waals surface area contributed by atoms with E-state index < -0.39 is 17.8 Å². The molecule has 0 atom stereocenters. The number of hydrogen-bond acceptors (Lipinski definition) is 5. The van der Waals surface area contributed by atoms with Crippen LogP contribution in [0.4, 0.5) is 10.5 Å². The zero-order chi connectivity index (χ0) is 28.4. The summed E-state index contributed by atoms with van der Waals surface area (Å²) in [4.78, 5) is 39.5. The van der Waals surface area contributed by atoms with Crippen LogP contribution in [-0.2, 0) is 16.2 Å². The Labute approximate surface area is 249 Å². The third-order valence-corrected chi connectivity index (χ3v) is 7.56. The van der Waals surface area contributed by atoms with Crippen molar-refractivity contribution in [2.45, 2.75) is 20.5 Å². The topological polar surface area (TPSA) is 84.9 Å². The zero-order valence-electron chi connectivity index (χ0n) is 21.7. The predicted molar refractivity (Wildman–Crippen MR) is 164 cm³/mol. The highest BCUT2D eigenvalue weighted by Crippen LogP contribution is 2.36. The van der Waals surface area contributed by atoms with Gasteiger partial charge in [-0.15, -0.1) is 0 Å². The minimum atomic E-state index is -0.839. The van der Waals surface area contributed by atoms with Crippen molar-refractivity contribution in [1.29, 1.82) is 0 Å². The van der Waals surface area contributed by atoms with Crippen LogP contribution in [0.25, 0.3) is 16.8 Å². The molecule has 1 N–H and O–H groups in total. The lowest BCUT2D eigenvalue weighted by atomic mass is 10.1. The van der Waals surface area contributed by atoms with Gasteiger partial charge in [0, 0.05) is 5.02 Å². The summed E-state index contributed by atoms with van der Waals surface area (Å²) in [6.45, 7) is 4.39. The van der Waals surface area contributed by atoms with Crippen molar-refractivity contribution in [3.05, 3.63) is 104 Å². The smallest absolute Gasteiger partial charge is 0.335 e. The van der Waals surface area contributed by atoms with E-state index >= 15 is 0 Å². The Morgan fingerprint density at radius 3 is 2.48 bits per heavy atom. The van der Waals surface area contributed by atoms with Gasteiger partial charge in [0.05, 0.1) is 15.9 Å². The number of urea groups is 1. The highest BCUT2D eigenvalue weighted by molar-refractivity contribution is 14.1. The van der Waals surface area contributed by atoms with Gasteiger partial charge in [-0.1, -0.05) is 54.1 Å². The lowest BCUT2D eigenvalue weighted by molar-refractivity contribution is -0.122. The van der Waals surface area contributed by atoms with E-state index in [1.807, 2.05) is 32.0 Å². The number of barbiturate groups is 1. The molecule has 9 heteroatoms. The molecule has 0 aromatic heterocycles. The number of aryl methyl sites for hydroxylation is 1. The molecule has 0 bridgehead atoms. The molecule has 0 unspecified atom stereocenters. The molecular formula is C31H24ClIN2O5. The molecule has 40 heavy (non-hydrogen) atoms. The molecule has 4 aromatic rings. The van der Waals surface area contributed by atoms with Crippen molar-refractivity contribution in [3.63, 3.8) is 0 Å². The lowest BCUT2D eigenvalue weighted by Gasteiger charge is -2.26. The van der Waals surface area contributed by atoms with Gasteiger partial charge >= 0.3 is 6.03 Å². The van der Waals surface area contributed by atoms with Crippen molar-refractivity contribution in [1.82, 2.24) is 5.32 Å². The van der Waals surface area contributed by atoms with E-state index in [9.17, 15) is 14.4 Å². The molecule has 4 amide bonds. The molecule has 1 aliphatic rings. The number of nitrogens with zero attached hydrogens (tertiary/aromatic N) is 1. The first-order valence-electron chi connectivity index (χ1n) is 12.5. The summed E-state index contributed by atoms with van der Waals surface area (Å²) in [6.07, 6.45) is 1.44. The van der Waals surface area contributed by atoms with E-state index in [4.69, 9.17) is 21.1 Å². The maximum Gasteiger partial charge on any atom is 0.335 e. The van der Waals surface area contributed by atoms with Crippen LogP contribution in [0.3, 0.4) is 0 Å². The lowest BCUT2D eigenvalue weighted by Crippen LogP contribution is -2.54. The summed E-state index contributed by atoms with van der Waals surface area (Å²) in [7, 11) is 0. The van der Waals surface area contributed by atoms with Gasteiger partial charge < -0.3 is 9.47 Å². The number of carbonyl (C=O) groups excluding carboxylic acids is 3. The number of benzene rings is 4. The Kier molecular flexibility index (Phi) is 8.09. The van der Waals surface area contributed by atoms with Gasteiger partial charge in [-0.3, -0.25) is 14.9 Å². The number of amides is 4. The van der Waals surface area contributed by atoms with Gasteiger partial charge in [-0.25, -0.2) is 9.69 Å². The number of ether oxygens (including phenoxy) is 2. The van der Waals surface area contributed by atoms with Crippen molar-refractivity contribution < 1.29 is 23.9 Å². The molecule has 7 nitrogen and oxygen atoms in total. The first-order chi connectivity index (χ1) is 19.2. The first-order valence-corrected chi connectivity index (χ1v) is 13.9. The van der Waals surface area contributed by atoms with Crippen LogP contribution in [0.5, 0.6) is 11.5 Å². The van der Waals surface area contributed by atoms with Crippen molar-refractivity contribution in [2.24, 2.45) is 0 Å². The minimum Gasteiger partial charge on any atom is -0.490 e. The molecule has 1 saturated heterocycles. The summed E-state index contributed by atoms with van der Waals surface area (Å²) in [5, 5.41) is 4.92. The minimum absolute atomic E-state index is 0.195. The Hall–Kier alpha value is -3.89. The second kappa shape index (κ2) is 11.7. The van der Waals surface area contributed by atoms with Crippen LogP contribution < -0.4 is 19.7 Å². The predicted octanol–water partition coefficient (Wildman–Crippen LogP) is 7.05. The van der Waals surface area contributed by atoms with Crippen LogP contribution in [-0.4, -0.2) is 24.5 Å². The number of carbonyl (C=O) groups is 3. The largest absolute Gasteiger partial charge is 0.490 e. The summed E-state index contributed by atoms with van der Waals surface area (Å²) < 4.78 is 12.8. The molecule has 1 heterocycles. The monoisotopic (exact) mass is 666 g/mol.